The first kappa shape index (κ1) is 15.7. The molecule has 24 heavy (non-hydrogen) atoms. The van der Waals surface area contributed by atoms with Crippen LogP contribution in [0.5, 0.6) is 0 Å². The lowest BCUT2D eigenvalue weighted by atomic mass is 10.0. The lowest BCUT2D eigenvalue weighted by molar-refractivity contribution is 0.0678. The Labute approximate surface area is 144 Å². The first-order valence-corrected chi connectivity index (χ1v) is 8.97. The van der Waals surface area contributed by atoms with Crippen LogP contribution in [-0.4, -0.2) is 66.1 Å². The molecule has 2 saturated heterocycles. The van der Waals surface area contributed by atoms with Crippen LogP contribution < -0.4 is 10.2 Å². The molecule has 5 heteroatoms. The zero-order valence-corrected chi connectivity index (χ0v) is 14.7. The standard InChI is InChI=1S/C19H27N5/c1-14(2)22-6-8-23(9-7-22)17-12-24(13-17)16-10-19-18(20-11-16)5-4-15(3)21-19/h4-5,10-11,14,17,21H,3,6-9,12-13H2,1-2H3. The van der Waals surface area contributed by atoms with Crippen molar-refractivity contribution in [2.45, 2.75) is 25.9 Å². The topological polar surface area (TPSA) is 34.6 Å². The maximum Gasteiger partial charge on any atom is 0.0866 e. The Morgan fingerprint density at radius 3 is 2.62 bits per heavy atom. The quantitative estimate of drug-likeness (QED) is 0.922. The minimum atomic E-state index is 0.669. The Morgan fingerprint density at radius 1 is 1.17 bits per heavy atom. The van der Waals surface area contributed by atoms with Crippen LogP contribution in [0.3, 0.4) is 0 Å². The number of allylic oxidation sites excluding steroid dienone is 1. The summed E-state index contributed by atoms with van der Waals surface area (Å²) in [6.45, 7) is 15.6. The second kappa shape index (κ2) is 6.22. The fourth-order valence-corrected chi connectivity index (χ4v) is 3.78. The summed E-state index contributed by atoms with van der Waals surface area (Å²) in [7, 11) is 0. The first-order valence-electron chi connectivity index (χ1n) is 8.97. The molecule has 128 valence electrons. The Kier molecular flexibility index (Phi) is 4.06. The van der Waals surface area contributed by atoms with Gasteiger partial charge in [0.05, 0.1) is 23.3 Å². The van der Waals surface area contributed by atoms with Crippen LogP contribution in [0.25, 0.3) is 6.08 Å². The third kappa shape index (κ3) is 2.94. The van der Waals surface area contributed by atoms with Gasteiger partial charge < -0.3 is 10.2 Å². The molecule has 1 N–H and O–H groups in total. The van der Waals surface area contributed by atoms with Crippen LogP contribution in [0.15, 0.2) is 30.6 Å². The molecule has 0 saturated carbocycles. The Morgan fingerprint density at radius 2 is 1.92 bits per heavy atom. The predicted octanol–water partition coefficient (Wildman–Crippen LogP) is 2.25. The van der Waals surface area contributed by atoms with Crippen molar-refractivity contribution in [3.8, 4) is 0 Å². The fourth-order valence-electron chi connectivity index (χ4n) is 3.78. The third-order valence-corrected chi connectivity index (χ3v) is 5.46. The van der Waals surface area contributed by atoms with Gasteiger partial charge in [-0.1, -0.05) is 6.58 Å². The third-order valence-electron chi connectivity index (χ3n) is 5.46. The van der Waals surface area contributed by atoms with Gasteiger partial charge in [-0.25, -0.2) is 0 Å². The molecule has 3 aliphatic heterocycles. The summed E-state index contributed by atoms with van der Waals surface area (Å²) in [5.41, 5.74) is 4.19. The van der Waals surface area contributed by atoms with E-state index in [4.69, 9.17) is 0 Å². The molecule has 4 heterocycles. The first-order chi connectivity index (χ1) is 11.6. The van der Waals surface area contributed by atoms with E-state index in [1.54, 1.807) is 0 Å². The van der Waals surface area contributed by atoms with Crippen molar-refractivity contribution in [3.05, 3.63) is 36.3 Å². The van der Waals surface area contributed by atoms with E-state index in [1.165, 1.54) is 31.9 Å². The second-order valence-corrected chi connectivity index (χ2v) is 7.33. The van der Waals surface area contributed by atoms with Gasteiger partial charge in [-0.15, -0.1) is 0 Å². The summed E-state index contributed by atoms with van der Waals surface area (Å²) in [6.07, 6.45) is 5.97. The van der Waals surface area contributed by atoms with Crippen LogP contribution in [0, 0.1) is 0 Å². The van der Waals surface area contributed by atoms with Gasteiger partial charge in [-0.05, 0) is 32.1 Å². The Balaban J connectivity index is 1.34. The van der Waals surface area contributed by atoms with Crippen molar-refractivity contribution in [3.63, 3.8) is 0 Å². The van der Waals surface area contributed by atoms with Crippen molar-refractivity contribution in [1.29, 1.82) is 0 Å². The molecule has 2 fully saturated rings. The highest BCUT2D eigenvalue weighted by Gasteiger charge is 2.34. The largest absolute Gasteiger partial charge is 0.367 e. The Hall–Kier alpha value is -1.85. The average molecular weight is 325 g/mol. The number of fused-ring (bicyclic) bond motifs is 1. The highest BCUT2D eigenvalue weighted by Crippen LogP contribution is 2.30. The smallest absolute Gasteiger partial charge is 0.0866 e. The molecule has 5 nitrogen and oxygen atoms in total. The normalized spacial score (nSPS) is 22.5. The van der Waals surface area contributed by atoms with Gasteiger partial charge in [0.15, 0.2) is 0 Å². The molecule has 1 aromatic rings. The summed E-state index contributed by atoms with van der Waals surface area (Å²) in [6, 6.07) is 3.56. The monoisotopic (exact) mass is 325 g/mol. The Bertz CT molecular complexity index is 652. The van der Waals surface area contributed by atoms with Crippen LogP contribution in [0.1, 0.15) is 19.5 Å². The van der Waals surface area contributed by atoms with E-state index in [-0.39, 0.29) is 0 Å². The van der Waals surface area contributed by atoms with Crippen molar-refractivity contribution in [1.82, 2.24) is 14.8 Å². The van der Waals surface area contributed by atoms with E-state index in [0.29, 0.717) is 12.1 Å². The van der Waals surface area contributed by atoms with Crippen LogP contribution in [0.4, 0.5) is 11.4 Å². The molecule has 0 atom stereocenters. The number of rotatable bonds is 3. The number of anilines is 2. The number of pyridine rings is 1. The summed E-state index contributed by atoms with van der Waals surface area (Å²) in [4.78, 5) is 12.2. The van der Waals surface area contributed by atoms with Crippen LogP contribution >= 0.6 is 0 Å². The zero-order valence-electron chi connectivity index (χ0n) is 14.7. The number of aromatic nitrogens is 1. The molecular weight excluding hydrogens is 298 g/mol. The summed E-state index contributed by atoms with van der Waals surface area (Å²) >= 11 is 0. The van der Waals surface area contributed by atoms with Crippen LogP contribution in [0.2, 0.25) is 0 Å². The van der Waals surface area contributed by atoms with Crippen molar-refractivity contribution >= 4 is 17.5 Å². The maximum absolute atomic E-state index is 4.57. The second-order valence-electron chi connectivity index (χ2n) is 7.33. The summed E-state index contributed by atoms with van der Waals surface area (Å²) in [5.74, 6) is 0. The molecule has 0 aliphatic carbocycles. The van der Waals surface area contributed by atoms with E-state index in [1.807, 2.05) is 18.3 Å². The van der Waals surface area contributed by atoms with Gasteiger partial charge in [0.2, 0.25) is 0 Å². The summed E-state index contributed by atoms with van der Waals surface area (Å²) < 4.78 is 0. The predicted molar refractivity (Wildman–Crippen MR) is 100 cm³/mol. The molecule has 4 rings (SSSR count). The van der Waals surface area contributed by atoms with Gasteiger partial charge >= 0.3 is 0 Å². The van der Waals surface area contributed by atoms with Gasteiger partial charge in [-0.3, -0.25) is 14.8 Å². The highest BCUT2D eigenvalue weighted by atomic mass is 15.4. The van der Waals surface area contributed by atoms with Gasteiger partial charge in [0, 0.05) is 57.0 Å². The molecule has 1 aromatic heterocycles. The number of nitrogens with zero attached hydrogens (tertiary/aromatic N) is 4. The fraction of sp³-hybridized carbons (Fsp3) is 0.526. The molecular formula is C19H27N5. The molecule has 0 radical (unpaired) electrons. The SMILES string of the molecule is C=C1C=Cc2ncc(N3CC(N4CCN(C(C)C)CC4)C3)cc2N1. The molecule has 0 unspecified atom stereocenters. The highest BCUT2D eigenvalue weighted by molar-refractivity contribution is 5.75. The van der Waals surface area contributed by atoms with E-state index in [0.717, 1.165) is 30.2 Å². The number of hydrogen-bond acceptors (Lipinski definition) is 5. The average Bonchev–Trinajstić information content (AvgIpc) is 2.53. The van der Waals surface area contributed by atoms with E-state index in [9.17, 15) is 0 Å². The van der Waals surface area contributed by atoms with Gasteiger partial charge in [0.25, 0.3) is 0 Å². The van der Waals surface area contributed by atoms with Crippen molar-refractivity contribution in [2.24, 2.45) is 0 Å². The molecule has 3 aliphatic rings. The minimum Gasteiger partial charge on any atom is -0.367 e. The zero-order chi connectivity index (χ0) is 16.7. The van der Waals surface area contributed by atoms with Crippen molar-refractivity contribution in [2.75, 3.05) is 49.5 Å². The van der Waals surface area contributed by atoms with E-state index < -0.39 is 0 Å². The lowest BCUT2D eigenvalue weighted by Crippen LogP contribution is -2.63. The number of hydrogen-bond donors (Lipinski definition) is 1. The number of nitrogens with one attached hydrogen (secondary N) is 1. The van der Waals surface area contributed by atoms with Gasteiger partial charge in [0.1, 0.15) is 0 Å². The molecule has 0 bridgehead atoms. The van der Waals surface area contributed by atoms with Crippen LogP contribution in [-0.2, 0) is 0 Å². The maximum atomic E-state index is 4.57. The molecule has 0 amide bonds. The van der Waals surface area contributed by atoms with E-state index >= 15 is 0 Å². The molecule has 0 aromatic carbocycles. The van der Waals surface area contributed by atoms with E-state index in [2.05, 4.69) is 51.5 Å². The summed E-state index contributed by atoms with van der Waals surface area (Å²) in [5, 5.41) is 3.31. The number of piperazine rings is 1. The minimum absolute atomic E-state index is 0.669. The lowest BCUT2D eigenvalue weighted by Gasteiger charge is -2.49. The van der Waals surface area contributed by atoms with Crippen molar-refractivity contribution < 1.29 is 0 Å². The molecule has 0 spiro atoms. The van der Waals surface area contributed by atoms with Gasteiger partial charge in [-0.2, -0.15) is 0 Å².